The van der Waals surface area contributed by atoms with Crippen LogP contribution >= 0.6 is 23.2 Å². The lowest BCUT2D eigenvalue weighted by molar-refractivity contribution is -0.0429. The zero-order chi connectivity index (χ0) is 33.4. The highest BCUT2D eigenvalue weighted by molar-refractivity contribution is 7.93. The van der Waals surface area contributed by atoms with E-state index in [0.29, 0.717) is 27.4 Å². The molecule has 14 heteroatoms. The van der Waals surface area contributed by atoms with Crippen molar-refractivity contribution in [2.24, 2.45) is 0 Å². The fourth-order valence-electron chi connectivity index (χ4n) is 4.47. The van der Waals surface area contributed by atoms with Crippen LogP contribution in [-0.4, -0.2) is 23.5 Å². The zero-order valence-electron chi connectivity index (χ0n) is 23.5. The van der Waals surface area contributed by atoms with Crippen molar-refractivity contribution in [2.45, 2.75) is 19.0 Å². The third kappa shape index (κ3) is 7.09. The van der Waals surface area contributed by atoms with Gasteiger partial charge in [0.1, 0.15) is 11.6 Å². The molecule has 0 aliphatic heterocycles. The Morgan fingerprint density at radius 2 is 1.54 bits per heavy atom. The molecule has 4 aromatic carbocycles. The Morgan fingerprint density at radius 3 is 2.17 bits per heavy atom. The molecular formula is C32H21Cl2F6N3O2S. The monoisotopic (exact) mass is 695 g/mol. The fraction of sp³-hybridized carbons (Fsp3) is 0.0938. The first-order valence-electron chi connectivity index (χ1n) is 13.3. The van der Waals surface area contributed by atoms with Gasteiger partial charge in [-0.2, -0.15) is 21.6 Å². The number of sulfonamides is 1. The molecule has 5 aromatic rings. The summed E-state index contributed by atoms with van der Waals surface area (Å²) < 4.78 is 110. The Hall–Kier alpha value is -4.26. The molecule has 0 aliphatic rings. The molecule has 0 radical (unpaired) electrons. The van der Waals surface area contributed by atoms with E-state index in [0.717, 1.165) is 29.8 Å². The van der Waals surface area contributed by atoms with Crippen LogP contribution in [0.25, 0.3) is 34.5 Å². The third-order valence-corrected chi connectivity index (χ3v) is 8.50. The summed E-state index contributed by atoms with van der Waals surface area (Å²) in [6.45, 7) is 1.86. The van der Waals surface area contributed by atoms with E-state index in [1.165, 1.54) is 29.0 Å². The second-order valence-corrected chi connectivity index (χ2v) is 12.6. The average molecular weight is 697 g/mol. The second-order valence-electron chi connectivity index (χ2n) is 10.1. The Labute approximate surface area is 269 Å². The molecule has 0 spiro atoms. The van der Waals surface area contributed by atoms with Crippen LogP contribution in [0.2, 0.25) is 10.0 Å². The maximum absolute atomic E-state index is 15.2. The van der Waals surface area contributed by atoms with E-state index < -0.39 is 38.5 Å². The molecule has 0 unspecified atom stereocenters. The molecule has 0 bridgehead atoms. The van der Waals surface area contributed by atoms with Crippen molar-refractivity contribution < 1.29 is 34.8 Å². The molecule has 1 heterocycles. The third-order valence-electron chi connectivity index (χ3n) is 6.83. The van der Waals surface area contributed by atoms with E-state index in [2.05, 4.69) is 4.98 Å². The molecule has 0 fully saturated rings. The molecule has 0 atom stereocenters. The van der Waals surface area contributed by atoms with E-state index in [1.807, 2.05) is 6.92 Å². The van der Waals surface area contributed by atoms with Crippen LogP contribution in [0.4, 0.5) is 32.0 Å². The first-order chi connectivity index (χ1) is 21.6. The molecule has 0 saturated carbocycles. The first-order valence-corrected chi connectivity index (χ1v) is 15.5. The number of benzene rings is 4. The summed E-state index contributed by atoms with van der Waals surface area (Å²) in [5.74, 6) is -3.49. The minimum atomic E-state index is -5.61. The number of hydrogen-bond acceptors (Lipinski definition) is 3. The van der Waals surface area contributed by atoms with Crippen molar-refractivity contribution in [1.82, 2.24) is 9.55 Å². The number of aromatic nitrogens is 2. The van der Waals surface area contributed by atoms with Gasteiger partial charge in [0.15, 0.2) is 11.6 Å². The summed E-state index contributed by atoms with van der Waals surface area (Å²) in [5.41, 5.74) is -4.19. The predicted octanol–water partition coefficient (Wildman–Crippen LogP) is 9.73. The Morgan fingerprint density at radius 1 is 0.870 bits per heavy atom. The van der Waals surface area contributed by atoms with Crippen LogP contribution in [0.5, 0.6) is 0 Å². The lowest BCUT2D eigenvalue weighted by Crippen LogP contribution is -2.29. The minimum absolute atomic E-state index is 0.0376. The highest BCUT2D eigenvalue weighted by atomic mass is 35.5. The quantitative estimate of drug-likeness (QED) is 0.130. The average Bonchev–Trinajstić information content (AvgIpc) is 3.37. The van der Waals surface area contributed by atoms with E-state index in [9.17, 15) is 21.6 Å². The minimum Gasteiger partial charge on any atom is -0.326 e. The molecule has 0 amide bonds. The van der Waals surface area contributed by atoms with Gasteiger partial charge in [0.25, 0.3) is 0 Å². The second kappa shape index (κ2) is 12.9. The van der Waals surface area contributed by atoms with Crippen LogP contribution in [0.15, 0.2) is 79.0 Å². The van der Waals surface area contributed by atoms with Gasteiger partial charge in [0.2, 0.25) is 0 Å². The molecule has 5 rings (SSSR count). The van der Waals surface area contributed by atoms with Gasteiger partial charge >= 0.3 is 15.5 Å². The van der Waals surface area contributed by atoms with Crippen LogP contribution in [0, 0.1) is 24.4 Å². The summed E-state index contributed by atoms with van der Waals surface area (Å²) >= 11 is 12.4. The van der Waals surface area contributed by atoms with Crippen molar-refractivity contribution in [2.75, 3.05) is 4.72 Å². The van der Waals surface area contributed by atoms with Crippen molar-refractivity contribution in [1.29, 1.82) is 0 Å². The summed E-state index contributed by atoms with van der Waals surface area (Å²) in [7, 11) is -5.61. The Bertz CT molecular complexity index is 2060. The number of anilines is 1. The number of rotatable bonds is 8. The lowest BCUT2D eigenvalue weighted by atomic mass is 10.0. The lowest BCUT2D eigenvalue weighted by Gasteiger charge is -2.11. The zero-order valence-corrected chi connectivity index (χ0v) is 25.8. The number of aryl methyl sites for hydroxylation is 1. The largest absolute Gasteiger partial charge is 0.516 e. The standard InChI is InChI=1S/C32H21Cl2F6N3O2S/c1-18-2-6-20(7-3-18)25-15-27(35)24(30(36)31(25)37)12-13-29-41-28(23-11-8-21(33)14-26(23)34)17-43(29)16-19-4-9-22(10-5-19)42-46(44,45)32(38,39)40/h2-15,17,42H,16H2,1H3. The number of imidazole rings is 1. The highest BCUT2D eigenvalue weighted by Gasteiger charge is 2.46. The molecule has 0 saturated heterocycles. The summed E-state index contributed by atoms with van der Waals surface area (Å²) in [4.78, 5) is 4.52. The summed E-state index contributed by atoms with van der Waals surface area (Å²) in [6.07, 6.45) is 3.88. The van der Waals surface area contributed by atoms with Crippen LogP contribution < -0.4 is 4.72 Å². The molecule has 1 N–H and O–H groups in total. The molecule has 238 valence electrons. The predicted molar refractivity (Wildman–Crippen MR) is 167 cm³/mol. The Kier molecular flexibility index (Phi) is 9.26. The number of alkyl halides is 3. The number of nitrogens with one attached hydrogen (secondary N) is 1. The number of hydrogen-bond donors (Lipinski definition) is 1. The van der Waals surface area contributed by atoms with E-state index in [4.69, 9.17) is 23.2 Å². The van der Waals surface area contributed by atoms with Crippen molar-refractivity contribution in [3.63, 3.8) is 0 Å². The smallest absolute Gasteiger partial charge is 0.326 e. The topological polar surface area (TPSA) is 64.0 Å². The SMILES string of the molecule is Cc1ccc(-c2cc(F)c(C=Cc3nc(-c4ccc(Cl)cc4Cl)cn3Cc3ccc(NS(=O)(=O)C(F)(F)F)cc3)c(F)c2F)cc1. The first kappa shape index (κ1) is 33.1. The van der Waals surface area contributed by atoms with Gasteiger partial charge in [0.05, 0.1) is 10.7 Å². The van der Waals surface area contributed by atoms with Gasteiger partial charge in [-0.05, 0) is 66.6 Å². The maximum Gasteiger partial charge on any atom is 0.516 e. The van der Waals surface area contributed by atoms with Gasteiger partial charge < -0.3 is 4.57 Å². The van der Waals surface area contributed by atoms with Gasteiger partial charge in [-0.25, -0.2) is 18.2 Å². The van der Waals surface area contributed by atoms with Crippen molar-refractivity contribution >= 4 is 51.1 Å². The molecule has 46 heavy (non-hydrogen) atoms. The fourth-order valence-corrected chi connectivity index (χ4v) is 5.54. The molecule has 0 aliphatic carbocycles. The van der Waals surface area contributed by atoms with Crippen LogP contribution in [0.1, 0.15) is 22.5 Å². The summed E-state index contributed by atoms with van der Waals surface area (Å²) in [6, 6.07) is 17.2. The number of nitrogens with zero attached hydrogens (tertiary/aromatic N) is 2. The molecule has 1 aromatic heterocycles. The highest BCUT2D eigenvalue weighted by Crippen LogP contribution is 2.33. The normalized spacial score (nSPS) is 12.2. The van der Waals surface area contributed by atoms with Gasteiger partial charge in [-0.1, -0.05) is 65.2 Å². The van der Waals surface area contributed by atoms with E-state index >= 15 is 13.2 Å². The summed E-state index contributed by atoms with van der Waals surface area (Å²) in [5, 5.41) is 0.636. The molecular weight excluding hydrogens is 675 g/mol. The van der Waals surface area contributed by atoms with Crippen LogP contribution in [-0.2, 0) is 16.6 Å². The van der Waals surface area contributed by atoms with Crippen molar-refractivity contribution in [3.8, 4) is 22.4 Å². The van der Waals surface area contributed by atoms with Crippen LogP contribution in [0.3, 0.4) is 0 Å². The number of halogens is 8. The van der Waals surface area contributed by atoms with E-state index in [-0.39, 0.29) is 28.6 Å². The van der Waals surface area contributed by atoms with Gasteiger partial charge in [0, 0.05) is 40.1 Å². The Balaban J connectivity index is 1.50. The van der Waals surface area contributed by atoms with Gasteiger partial charge in [-0.15, -0.1) is 0 Å². The van der Waals surface area contributed by atoms with E-state index in [1.54, 1.807) is 47.2 Å². The maximum atomic E-state index is 15.2. The molecule has 5 nitrogen and oxygen atoms in total. The van der Waals surface area contributed by atoms with Crippen molar-refractivity contribution in [3.05, 3.63) is 129 Å². The van der Waals surface area contributed by atoms with Gasteiger partial charge in [-0.3, -0.25) is 4.72 Å².